The van der Waals surface area contributed by atoms with E-state index in [0.29, 0.717) is 23.3 Å². The van der Waals surface area contributed by atoms with E-state index in [1.807, 2.05) is 53.2 Å². The number of halogens is 2. The van der Waals surface area contributed by atoms with Gasteiger partial charge in [0.25, 0.3) is 0 Å². The number of para-hydroxylation sites is 1. The zero-order chi connectivity index (χ0) is 22.4. The Morgan fingerprint density at radius 1 is 0.848 bits per heavy atom. The van der Waals surface area contributed by atoms with Crippen molar-refractivity contribution in [3.63, 3.8) is 0 Å². The molecule has 2 aliphatic heterocycles. The van der Waals surface area contributed by atoms with E-state index in [1.165, 1.54) is 0 Å². The van der Waals surface area contributed by atoms with Gasteiger partial charge in [-0.05, 0) is 24.3 Å². The summed E-state index contributed by atoms with van der Waals surface area (Å²) in [5, 5.41) is 6.25. The van der Waals surface area contributed by atoms with E-state index in [2.05, 4.69) is 14.9 Å². The van der Waals surface area contributed by atoms with Crippen molar-refractivity contribution in [2.45, 2.75) is 18.6 Å². The largest absolute Gasteiger partial charge is 0.354 e. The number of piperidine rings is 1. The highest BCUT2D eigenvalue weighted by Gasteiger charge is 2.40. The molecule has 4 heterocycles. The summed E-state index contributed by atoms with van der Waals surface area (Å²) in [4.78, 5) is 11.5. The molecule has 0 N–H and O–H groups in total. The Labute approximate surface area is 200 Å². The molecular weight excluding hydrogens is 461 g/mol. The third kappa shape index (κ3) is 3.65. The fourth-order valence-corrected chi connectivity index (χ4v) is 4.97. The number of anilines is 1. The maximum absolute atomic E-state index is 6.57. The topological polar surface area (TPSA) is 65.3 Å². The molecule has 2 saturated heterocycles. The standard InChI is InChI=1S/C24H21Cl2N5O2/c25-17-7-5-16(6-8-17)22-20-21(29-31(22)19-4-2-1-3-18(19)26)23(28-15-27-20)30-11-9-24(10-12-30)32-13-14-33-24/h1-8,15H,9-14H2. The summed E-state index contributed by atoms with van der Waals surface area (Å²) >= 11 is 12.7. The lowest BCUT2D eigenvalue weighted by molar-refractivity contribution is -0.169. The van der Waals surface area contributed by atoms with Gasteiger partial charge in [-0.2, -0.15) is 5.10 Å². The molecule has 0 saturated carbocycles. The van der Waals surface area contributed by atoms with E-state index in [-0.39, 0.29) is 0 Å². The van der Waals surface area contributed by atoms with Gasteiger partial charge in [0.2, 0.25) is 0 Å². The van der Waals surface area contributed by atoms with Crippen molar-refractivity contribution in [1.82, 2.24) is 19.7 Å². The van der Waals surface area contributed by atoms with Crippen LogP contribution in [-0.4, -0.2) is 51.8 Å². The highest BCUT2D eigenvalue weighted by molar-refractivity contribution is 6.32. The van der Waals surface area contributed by atoms with Gasteiger partial charge in [-0.25, -0.2) is 14.6 Å². The van der Waals surface area contributed by atoms with Crippen molar-refractivity contribution >= 4 is 40.1 Å². The number of ether oxygens (including phenoxy) is 2. The summed E-state index contributed by atoms with van der Waals surface area (Å²) in [7, 11) is 0. The normalized spacial score (nSPS) is 17.8. The second-order valence-electron chi connectivity index (χ2n) is 8.21. The molecule has 0 bridgehead atoms. The van der Waals surface area contributed by atoms with Gasteiger partial charge in [0.1, 0.15) is 17.5 Å². The number of nitrogens with zero attached hydrogens (tertiary/aromatic N) is 5. The van der Waals surface area contributed by atoms with Crippen molar-refractivity contribution < 1.29 is 9.47 Å². The molecule has 0 radical (unpaired) electrons. The zero-order valence-electron chi connectivity index (χ0n) is 17.7. The molecule has 2 aromatic carbocycles. The average molecular weight is 482 g/mol. The van der Waals surface area contributed by atoms with Crippen LogP contribution in [0, 0.1) is 0 Å². The Kier molecular flexibility index (Phi) is 5.22. The Morgan fingerprint density at radius 3 is 2.30 bits per heavy atom. The smallest absolute Gasteiger partial charge is 0.171 e. The van der Waals surface area contributed by atoms with Gasteiger partial charge in [0.05, 0.1) is 23.9 Å². The number of aromatic nitrogens is 4. The van der Waals surface area contributed by atoms with Crippen molar-refractivity contribution in [2.24, 2.45) is 0 Å². The molecule has 0 aliphatic carbocycles. The molecule has 2 aliphatic rings. The van der Waals surface area contributed by atoms with Crippen LogP contribution >= 0.6 is 23.2 Å². The maximum atomic E-state index is 6.57. The van der Waals surface area contributed by atoms with Crippen molar-refractivity contribution in [3.05, 3.63) is 64.9 Å². The first-order valence-corrected chi connectivity index (χ1v) is 11.7. The Bertz CT molecular complexity index is 1310. The molecule has 1 spiro atoms. The summed E-state index contributed by atoms with van der Waals surface area (Å²) in [5.74, 6) is 0.350. The van der Waals surface area contributed by atoms with Crippen LogP contribution < -0.4 is 4.90 Å². The van der Waals surface area contributed by atoms with Gasteiger partial charge < -0.3 is 14.4 Å². The fraction of sp³-hybridized carbons (Fsp3) is 0.292. The molecule has 2 fully saturated rings. The van der Waals surface area contributed by atoms with E-state index in [1.54, 1.807) is 6.33 Å². The first kappa shape index (κ1) is 20.9. The molecule has 0 amide bonds. The van der Waals surface area contributed by atoms with E-state index in [9.17, 15) is 0 Å². The third-order valence-corrected chi connectivity index (χ3v) is 6.85. The lowest BCUT2D eigenvalue weighted by Gasteiger charge is -2.38. The number of hydrogen-bond donors (Lipinski definition) is 0. The minimum absolute atomic E-state index is 0.450. The van der Waals surface area contributed by atoms with Crippen LogP contribution in [0.3, 0.4) is 0 Å². The van der Waals surface area contributed by atoms with Crippen LogP contribution in [0.5, 0.6) is 0 Å². The van der Waals surface area contributed by atoms with Crippen molar-refractivity contribution in [2.75, 3.05) is 31.2 Å². The molecule has 7 nitrogen and oxygen atoms in total. The molecule has 0 atom stereocenters. The average Bonchev–Trinajstić information content (AvgIpc) is 3.45. The van der Waals surface area contributed by atoms with Gasteiger partial charge in [-0.3, -0.25) is 0 Å². The van der Waals surface area contributed by atoms with Crippen LogP contribution in [0.2, 0.25) is 10.0 Å². The minimum atomic E-state index is -0.450. The Morgan fingerprint density at radius 2 is 1.58 bits per heavy atom. The van der Waals surface area contributed by atoms with Gasteiger partial charge in [0.15, 0.2) is 17.1 Å². The number of hydrogen-bond acceptors (Lipinski definition) is 6. The highest BCUT2D eigenvalue weighted by Crippen LogP contribution is 2.38. The van der Waals surface area contributed by atoms with E-state index < -0.39 is 5.79 Å². The molecule has 0 unspecified atom stereocenters. The molecule has 6 rings (SSSR count). The minimum Gasteiger partial charge on any atom is -0.354 e. The summed E-state index contributed by atoms with van der Waals surface area (Å²) in [6, 6.07) is 15.3. The first-order valence-electron chi connectivity index (χ1n) is 10.9. The van der Waals surface area contributed by atoms with Crippen LogP contribution in [0.25, 0.3) is 28.0 Å². The van der Waals surface area contributed by atoms with Gasteiger partial charge >= 0.3 is 0 Å². The van der Waals surface area contributed by atoms with Crippen LogP contribution in [-0.2, 0) is 9.47 Å². The molecule has 4 aromatic rings. The first-order chi connectivity index (χ1) is 16.1. The highest BCUT2D eigenvalue weighted by atomic mass is 35.5. The lowest BCUT2D eigenvalue weighted by Crippen LogP contribution is -2.45. The van der Waals surface area contributed by atoms with Crippen LogP contribution in [0.1, 0.15) is 12.8 Å². The summed E-state index contributed by atoms with van der Waals surface area (Å²) < 4.78 is 13.6. The molecule has 168 valence electrons. The summed E-state index contributed by atoms with van der Waals surface area (Å²) in [6.45, 7) is 2.84. The second kappa shape index (κ2) is 8.25. The van der Waals surface area contributed by atoms with Gasteiger partial charge in [-0.15, -0.1) is 0 Å². The zero-order valence-corrected chi connectivity index (χ0v) is 19.3. The molecular formula is C24H21Cl2N5O2. The van der Waals surface area contributed by atoms with E-state index in [0.717, 1.165) is 59.7 Å². The van der Waals surface area contributed by atoms with Crippen molar-refractivity contribution in [1.29, 1.82) is 0 Å². The number of benzene rings is 2. The van der Waals surface area contributed by atoms with E-state index >= 15 is 0 Å². The Balaban J connectivity index is 1.49. The Hall–Kier alpha value is -2.71. The summed E-state index contributed by atoms with van der Waals surface area (Å²) in [5.41, 5.74) is 4.05. The quantitative estimate of drug-likeness (QED) is 0.403. The fourth-order valence-electron chi connectivity index (χ4n) is 4.63. The van der Waals surface area contributed by atoms with Crippen LogP contribution in [0.15, 0.2) is 54.9 Å². The maximum Gasteiger partial charge on any atom is 0.171 e. The summed E-state index contributed by atoms with van der Waals surface area (Å²) in [6.07, 6.45) is 3.17. The second-order valence-corrected chi connectivity index (χ2v) is 9.05. The van der Waals surface area contributed by atoms with E-state index in [4.69, 9.17) is 37.8 Å². The van der Waals surface area contributed by atoms with Crippen LogP contribution in [0.4, 0.5) is 5.82 Å². The molecule has 2 aromatic heterocycles. The molecule has 9 heteroatoms. The van der Waals surface area contributed by atoms with Gasteiger partial charge in [-0.1, -0.05) is 47.5 Å². The number of fused-ring (bicyclic) bond motifs is 1. The van der Waals surface area contributed by atoms with Gasteiger partial charge in [0, 0.05) is 36.5 Å². The third-order valence-electron chi connectivity index (χ3n) is 6.28. The molecule has 33 heavy (non-hydrogen) atoms. The predicted octanol–water partition coefficient (Wildman–Crippen LogP) is 5.13. The lowest BCUT2D eigenvalue weighted by atomic mass is 10.0. The SMILES string of the molecule is Clc1ccc(-c2c3ncnc(N4CCC5(CC4)OCCO5)c3nn2-c2ccccc2Cl)cc1. The predicted molar refractivity (Wildman–Crippen MR) is 128 cm³/mol. The monoisotopic (exact) mass is 481 g/mol. The number of rotatable bonds is 3. The van der Waals surface area contributed by atoms with Crippen molar-refractivity contribution in [3.8, 4) is 16.9 Å².